The largest absolute Gasteiger partial charge is 0.373 e. The van der Waals surface area contributed by atoms with Gasteiger partial charge in [0.25, 0.3) is 0 Å². The lowest BCUT2D eigenvalue weighted by molar-refractivity contribution is -0.116. The van der Waals surface area contributed by atoms with Gasteiger partial charge < -0.3 is 16.0 Å². The predicted octanol–water partition coefficient (Wildman–Crippen LogP) is 0.774. The summed E-state index contributed by atoms with van der Waals surface area (Å²) >= 11 is 0. The lowest BCUT2D eigenvalue weighted by Gasteiger charge is -2.24. The summed E-state index contributed by atoms with van der Waals surface area (Å²) in [6.45, 7) is 6.88. The molecule has 1 heterocycles. The van der Waals surface area contributed by atoms with E-state index in [9.17, 15) is 4.79 Å². The molecule has 1 rings (SSSR count). The molecule has 0 radical (unpaired) electrons. The maximum absolute atomic E-state index is 11.1. The fourth-order valence-corrected chi connectivity index (χ4v) is 1.71. The molecule has 0 aromatic carbocycles. The van der Waals surface area contributed by atoms with E-state index in [0.29, 0.717) is 11.7 Å². The zero-order valence-electron chi connectivity index (χ0n) is 11.4. The Morgan fingerprint density at radius 1 is 1.50 bits per heavy atom. The molecule has 0 aliphatic carbocycles. The van der Waals surface area contributed by atoms with E-state index >= 15 is 0 Å². The van der Waals surface area contributed by atoms with E-state index in [0.717, 1.165) is 18.2 Å². The molecule has 0 spiro atoms. The molecule has 3 N–H and O–H groups in total. The first kappa shape index (κ1) is 14.2. The van der Waals surface area contributed by atoms with E-state index in [-0.39, 0.29) is 12.5 Å². The van der Waals surface area contributed by atoms with Crippen LogP contribution >= 0.6 is 0 Å². The second-order valence-electron chi connectivity index (χ2n) is 4.65. The Morgan fingerprint density at radius 2 is 2.17 bits per heavy atom. The predicted molar refractivity (Wildman–Crippen MR) is 72.6 cm³/mol. The highest BCUT2D eigenvalue weighted by Gasteiger charge is 2.14. The summed E-state index contributed by atoms with van der Waals surface area (Å²) < 4.78 is 0. The molecular weight excluding hydrogens is 230 g/mol. The minimum atomic E-state index is -0.363. The minimum absolute atomic E-state index is 0.164. The Hall–Kier alpha value is -1.85. The molecule has 6 heteroatoms. The van der Waals surface area contributed by atoms with Gasteiger partial charge in [0.1, 0.15) is 17.5 Å². The highest BCUT2D eigenvalue weighted by molar-refractivity contribution is 5.79. The number of amides is 1. The van der Waals surface area contributed by atoms with Crippen LogP contribution in [0.15, 0.2) is 6.07 Å². The third kappa shape index (κ3) is 4.20. The Labute approximate surface area is 108 Å². The van der Waals surface area contributed by atoms with Crippen molar-refractivity contribution in [3.63, 3.8) is 0 Å². The molecule has 0 saturated carbocycles. The highest BCUT2D eigenvalue weighted by Crippen LogP contribution is 2.16. The standard InChI is InChI=1S/C12H21N5O/c1-8(2)6-17(7-10(13)18)12-5-11(14-4)15-9(3)16-12/h5,8H,6-7H2,1-4H3,(H2,13,18)(H,14,15,16). The summed E-state index contributed by atoms with van der Waals surface area (Å²) in [7, 11) is 1.80. The van der Waals surface area contributed by atoms with Crippen molar-refractivity contribution in [2.24, 2.45) is 11.7 Å². The molecule has 1 aromatic rings. The van der Waals surface area contributed by atoms with Crippen molar-refractivity contribution >= 4 is 17.5 Å². The maximum Gasteiger partial charge on any atom is 0.236 e. The van der Waals surface area contributed by atoms with Crippen LogP contribution in [-0.4, -0.2) is 36.0 Å². The fraction of sp³-hybridized carbons (Fsp3) is 0.583. The minimum Gasteiger partial charge on any atom is -0.373 e. The molecule has 0 atom stereocenters. The van der Waals surface area contributed by atoms with E-state index in [2.05, 4.69) is 29.1 Å². The van der Waals surface area contributed by atoms with Gasteiger partial charge in [-0.2, -0.15) is 0 Å². The fourth-order valence-electron chi connectivity index (χ4n) is 1.71. The van der Waals surface area contributed by atoms with Crippen molar-refractivity contribution in [2.45, 2.75) is 20.8 Å². The van der Waals surface area contributed by atoms with Gasteiger partial charge in [0.05, 0.1) is 6.54 Å². The summed E-state index contributed by atoms with van der Waals surface area (Å²) in [4.78, 5) is 21.6. The second-order valence-corrected chi connectivity index (χ2v) is 4.65. The monoisotopic (exact) mass is 251 g/mol. The Kier molecular flexibility index (Phi) is 4.88. The van der Waals surface area contributed by atoms with E-state index in [1.165, 1.54) is 0 Å². The van der Waals surface area contributed by atoms with Crippen molar-refractivity contribution in [1.29, 1.82) is 0 Å². The molecule has 0 aliphatic heterocycles. The van der Waals surface area contributed by atoms with Gasteiger partial charge in [0, 0.05) is 19.7 Å². The second kappa shape index (κ2) is 6.18. The molecular formula is C12H21N5O. The third-order valence-electron chi connectivity index (χ3n) is 2.34. The number of anilines is 2. The number of nitrogens with two attached hydrogens (primary N) is 1. The number of hydrogen-bond acceptors (Lipinski definition) is 5. The van der Waals surface area contributed by atoms with Crippen LogP contribution in [0, 0.1) is 12.8 Å². The van der Waals surface area contributed by atoms with Gasteiger partial charge in [-0.05, 0) is 12.8 Å². The molecule has 18 heavy (non-hydrogen) atoms. The quantitative estimate of drug-likeness (QED) is 0.780. The first-order chi connectivity index (χ1) is 8.42. The van der Waals surface area contributed by atoms with Crippen LogP contribution in [0.2, 0.25) is 0 Å². The zero-order chi connectivity index (χ0) is 13.7. The molecule has 0 saturated heterocycles. The average Bonchev–Trinajstić information content (AvgIpc) is 2.26. The van der Waals surface area contributed by atoms with E-state index in [4.69, 9.17) is 5.73 Å². The average molecular weight is 251 g/mol. The smallest absolute Gasteiger partial charge is 0.236 e. The summed E-state index contributed by atoms with van der Waals surface area (Å²) in [6, 6.07) is 1.82. The number of nitrogens with one attached hydrogen (secondary N) is 1. The number of carbonyl (C=O) groups is 1. The molecule has 6 nitrogen and oxygen atoms in total. The van der Waals surface area contributed by atoms with Crippen LogP contribution < -0.4 is 16.0 Å². The third-order valence-corrected chi connectivity index (χ3v) is 2.34. The lowest BCUT2D eigenvalue weighted by atomic mass is 10.2. The first-order valence-electron chi connectivity index (χ1n) is 5.99. The van der Waals surface area contributed by atoms with E-state index in [1.807, 2.05) is 17.9 Å². The van der Waals surface area contributed by atoms with Gasteiger partial charge in [0.15, 0.2) is 0 Å². The van der Waals surface area contributed by atoms with Gasteiger partial charge in [-0.1, -0.05) is 13.8 Å². The Balaban J connectivity index is 3.02. The van der Waals surface area contributed by atoms with Gasteiger partial charge in [-0.3, -0.25) is 4.79 Å². The molecule has 1 aromatic heterocycles. The number of aryl methyl sites for hydroxylation is 1. The SMILES string of the molecule is CNc1cc(N(CC(N)=O)CC(C)C)nc(C)n1. The van der Waals surface area contributed by atoms with Crippen LogP contribution in [0.25, 0.3) is 0 Å². The van der Waals surface area contributed by atoms with Crippen molar-refractivity contribution in [2.75, 3.05) is 30.4 Å². The number of nitrogens with zero attached hydrogens (tertiary/aromatic N) is 3. The van der Waals surface area contributed by atoms with Crippen molar-refractivity contribution in [3.05, 3.63) is 11.9 Å². The normalized spacial score (nSPS) is 10.5. The molecule has 0 aliphatic rings. The highest BCUT2D eigenvalue weighted by atomic mass is 16.1. The van der Waals surface area contributed by atoms with Crippen LogP contribution in [0.4, 0.5) is 11.6 Å². The van der Waals surface area contributed by atoms with Crippen LogP contribution in [0.3, 0.4) is 0 Å². The Morgan fingerprint density at radius 3 is 2.67 bits per heavy atom. The molecule has 0 unspecified atom stereocenters. The van der Waals surface area contributed by atoms with Crippen LogP contribution in [0.1, 0.15) is 19.7 Å². The van der Waals surface area contributed by atoms with E-state index < -0.39 is 0 Å². The topological polar surface area (TPSA) is 84.1 Å². The van der Waals surface area contributed by atoms with Gasteiger partial charge in [-0.15, -0.1) is 0 Å². The summed E-state index contributed by atoms with van der Waals surface area (Å²) in [5, 5.41) is 2.98. The van der Waals surface area contributed by atoms with Crippen molar-refractivity contribution in [1.82, 2.24) is 9.97 Å². The molecule has 0 fully saturated rings. The maximum atomic E-state index is 11.1. The van der Waals surface area contributed by atoms with Crippen LogP contribution in [0.5, 0.6) is 0 Å². The Bertz CT molecular complexity index is 419. The van der Waals surface area contributed by atoms with Crippen molar-refractivity contribution < 1.29 is 4.79 Å². The zero-order valence-corrected chi connectivity index (χ0v) is 11.4. The molecule has 0 bridgehead atoms. The number of primary amides is 1. The van der Waals surface area contributed by atoms with Gasteiger partial charge in [-0.25, -0.2) is 9.97 Å². The summed E-state index contributed by atoms with van der Waals surface area (Å²) in [5.41, 5.74) is 5.28. The van der Waals surface area contributed by atoms with E-state index in [1.54, 1.807) is 7.05 Å². The number of carbonyl (C=O) groups excluding carboxylic acids is 1. The summed E-state index contributed by atoms with van der Waals surface area (Å²) in [6.07, 6.45) is 0. The number of hydrogen-bond donors (Lipinski definition) is 2. The molecule has 1 amide bonds. The first-order valence-corrected chi connectivity index (χ1v) is 5.99. The summed E-state index contributed by atoms with van der Waals surface area (Å²) in [5.74, 6) is 2.17. The number of aromatic nitrogens is 2. The molecule has 100 valence electrons. The van der Waals surface area contributed by atoms with Gasteiger partial charge >= 0.3 is 0 Å². The van der Waals surface area contributed by atoms with Crippen LogP contribution in [-0.2, 0) is 4.79 Å². The van der Waals surface area contributed by atoms with Gasteiger partial charge in [0.2, 0.25) is 5.91 Å². The van der Waals surface area contributed by atoms with Crippen molar-refractivity contribution in [3.8, 4) is 0 Å². The lowest BCUT2D eigenvalue weighted by Crippen LogP contribution is -2.37. The number of rotatable bonds is 6.